The molecule has 0 atom stereocenters. The van der Waals surface area contributed by atoms with Gasteiger partial charge in [0.2, 0.25) is 10.0 Å². The van der Waals surface area contributed by atoms with Crippen LogP contribution in [0.1, 0.15) is 12.0 Å². The third-order valence-electron chi connectivity index (χ3n) is 3.43. The highest BCUT2D eigenvalue weighted by molar-refractivity contribution is 7.89. The molecule has 21 heavy (non-hydrogen) atoms. The maximum absolute atomic E-state index is 12.2. The number of morpholine rings is 1. The number of nitrogen functional groups attached to an aromatic ring is 1. The molecule has 0 saturated carbocycles. The van der Waals surface area contributed by atoms with Crippen molar-refractivity contribution < 1.29 is 13.2 Å². The summed E-state index contributed by atoms with van der Waals surface area (Å²) in [4.78, 5) is 2.51. The lowest BCUT2D eigenvalue weighted by atomic mass is 10.2. The monoisotopic (exact) mass is 313 g/mol. The summed E-state index contributed by atoms with van der Waals surface area (Å²) in [7, 11) is -3.48. The highest BCUT2D eigenvalue weighted by Gasteiger charge is 2.15. The molecule has 1 heterocycles. The second kappa shape index (κ2) is 7.22. The Morgan fingerprint density at radius 3 is 2.67 bits per heavy atom. The van der Waals surface area contributed by atoms with E-state index in [9.17, 15) is 8.42 Å². The average molecular weight is 313 g/mol. The summed E-state index contributed by atoms with van der Waals surface area (Å²) in [5.74, 6) is 0. The van der Waals surface area contributed by atoms with Crippen LogP contribution in [-0.4, -0.2) is 52.7 Å². The van der Waals surface area contributed by atoms with Gasteiger partial charge in [-0.1, -0.05) is 0 Å². The number of rotatable bonds is 6. The molecule has 1 aromatic rings. The molecule has 1 aliphatic heterocycles. The van der Waals surface area contributed by atoms with Crippen LogP contribution in [0, 0.1) is 6.92 Å². The zero-order valence-electron chi connectivity index (χ0n) is 12.3. The summed E-state index contributed by atoms with van der Waals surface area (Å²) in [5, 5.41) is 0. The number of aryl methyl sites for hydroxylation is 1. The van der Waals surface area contributed by atoms with Crippen LogP contribution in [0.4, 0.5) is 5.69 Å². The first-order valence-electron chi connectivity index (χ1n) is 7.14. The van der Waals surface area contributed by atoms with Gasteiger partial charge in [0.25, 0.3) is 0 Å². The molecule has 1 aromatic carbocycles. The Morgan fingerprint density at radius 1 is 1.29 bits per heavy atom. The first-order chi connectivity index (χ1) is 9.97. The Hall–Kier alpha value is -1.15. The molecule has 0 bridgehead atoms. The molecular formula is C14H23N3O3S. The number of nitrogens with two attached hydrogens (primary N) is 1. The van der Waals surface area contributed by atoms with E-state index in [1.165, 1.54) is 6.07 Å². The van der Waals surface area contributed by atoms with Crippen molar-refractivity contribution in [2.75, 3.05) is 45.1 Å². The Bertz CT molecular complexity index is 549. The fourth-order valence-corrected chi connectivity index (χ4v) is 3.56. The third-order valence-corrected chi connectivity index (χ3v) is 4.87. The van der Waals surface area contributed by atoms with Crippen molar-refractivity contribution in [1.29, 1.82) is 0 Å². The van der Waals surface area contributed by atoms with Crippen LogP contribution in [0.2, 0.25) is 0 Å². The molecule has 7 heteroatoms. The fourth-order valence-electron chi connectivity index (χ4n) is 2.35. The molecule has 2 rings (SSSR count). The van der Waals surface area contributed by atoms with Crippen molar-refractivity contribution in [2.45, 2.75) is 18.2 Å². The van der Waals surface area contributed by atoms with E-state index in [2.05, 4.69) is 9.62 Å². The first kappa shape index (κ1) is 16.2. The summed E-state index contributed by atoms with van der Waals surface area (Å²) in [6.45, 7) is 6.48. The predicted octanol–water partition coefficient (Wildman–Crippen LogP) is 0.578. The minimum atomic E-state index is -3.48. The van der Waals surface area contributed by atoms with Gasteiger partial charge in [-0.3, -0.25) is 4.90 Å². The van der Waals surface area contributed by atoms with Crippen molar-refractivity contribution in [2.24, 2.45) is 0 Å². The highest BCUT2D eigenvalue weighted by Crippen LogP contribution is 2.16. The molecule has 6 nitrogen and oxygen atoms in total. The first-order valence-corrected chi connectivity index (χ1v) is 8.63. The van der Waals surface area contributed by atoms with Crippen LogP contribution in [0.5, 0.6) is 0 Å². The van der Waals surface area contributed by atoms with Gasteiger partial charge in [0.15, 0.2) is 0 Å². The molecular weight excluding hydrogens is 290 g/mol. The van der Waals surface area contributed by atoms with E-state index in [1.807, 2.05) is 6.92 Å². The van der Waals surface area contributed by atoms with Gasteiger partial charge in [0.1, 0.15) is 0 Å². The predicted molar refractivity (Wildman–Crippen MR) is 82.7 cm³/mol. The molecule has 1 aliphatic rings. The number of nitrogens with one attached hydrogen (secondary N) is 1. The maximum atomic E-state index is 12.2. The quantitative estimate of drug-likeness (QED) is 0.593. The van der Waals surface area contributed by atoms with E-state index in [0.29, 0.717) is 12.2 Å². The average Bonchev–Trinajstić information content (AvgIpc) is 2.44. The number of benzene rings is 1. The van der Waals surface area contributed by atoms with Crippen molar-refractivity contribution in [3.63, 3.8) is 0 Å². The number of nitrogens with zero attached hydrogens (tertiary/aromatic N) is 1. The van der Waals surface area contributed by atoms with Gasteiger partial charge in [-0.25, -0.2) is 13.1 Å². The maximum Gasteiger partial charge on any atom is 0.240 e. The van der Waals surface area contributed by atoms with Crippen molar-refractivity contribution in [3.8, 4) is 0 Å². The van der Waals surface area contributed by atoms with Crippen LogP contribution in [0.15, 0.2) is 23.1 Å². The van der Waals surface area contributed by atoms with Gasteiger partial charge < -0.3 is 10.5 Å². The molecule has 118 valence electrons. The number of sulfonamides is 1. The molecule has 0 radical (unpaired) electrons. The third kappa shape index (κ3) is 4.96. The van der Waals surface area contributed by atoms with E-state index < -0.39 is 10.0 Å². The number of ether oxygens (including phenoxy) is 1. The van der Waals surface area contributed by atoms with Crippen molar-refractivity contribution in [1.82, 2.24) is 9.62 Å². The van der Waals surface area contributed by atoms with E-state index in [1.54, 1.807) is 12.1 Å². The molecule has 1 fully saturated rings. The van der Waals surface area contributed by atoms with Gasteiger partial charge in [0, 0.05) is 25.3 Å². The second-order valence-corrected chi connectivity index (χ2v) is 7.05. The van der Waals surface area contributed by atoms with Crippen LogP contribution in [0.25, 0.3) is 0 Å². The van der Waals surface area contributed by atoms with Crippen LogP contribution < -0.4 is 10.5 Å². The summed E-state index contributed by atoms with van der Waals surface area (Å²) in [5.41, 5.74) is 7.00. The molecule has 0 unspecified atom stereocenters. The summed E-state index contributed by atoms with van der Waals surface area (Å²) >= 11 is 0. The lowest BCUT2D eigenvalue weighted by Gasteiger charge is -2.26. The Balaban J connectivity index is 1.83. The van der Waals surface area contributed by atoms with Crippen LogP contribution in [0.3, 0.4) is 0 Å². The normalized spacial score (nSPS) is 17.0. The molecule has 0 aromatic heterocycles. The number of hydrogen-bond donors (Lipinski definition) is 2. The second-order valence-electron chi connectivity index (χ2n) is 5.28. The van der Waals surface area contributed by atoms with Gasteiger partial charge in [0.05, 0.1) is 18.1 Å². The highest BCUT2D eigenvalue weighted by atomic mass is 32.2. The van der Waals surface area contributed by atoms with E-state index in [4.69, 9.17) is 10.5 Å². The minimum absolute atomic E-state index is 0.228. The van der Waals surface area contributed by atoms with E-state index in [-0.39, 0.29) is 4.90 Å². The molecule has 0 aliphatic carbocycles. The zero-order chi connectivity index (χ0) is 15.3. The van der Waals surface area contributed by atoms with Crippen molar-refractivity contribution >= 4 is 15.7 Å². The Kier molecular flexibility index (Phi) is 5.58. The van der Waals surface area contributed by atoms with E-state index in [0.717, 1.165) is 44.8 Å². The van der Waals surface area contributed by atoms with Crippen LogP contribution >= 0.6 is 0 Å². The summed E-state index contributed by atoms with van der Waals surface area (Å²) in [6, 6.07) is 4.86. The molecule has 0 spiro atoms. The van der Waals surface area contributed by atoms with E-state index >= 15 is 0 Å². The van der Waals surface area contributed by atoms with Crippen LogP contribution in [-0.2, 0) is 14.8 Å². The lowest BCUT2D eigenvalue weighted by Crippen LogP contribution is -2.38. The standard InChI is InChI=1S/C14H23N3O3S/c1-12-9-13(15)11-14(10-12)21(18,19)16-3-2-4-17-5-7-20-8-6-17/h9-11,16H,2-8,15H2,1H3. The topological polar surface area (TPSA) is 84.7 Å². The van der Waals surface area contributed by atoms with Crippen molar-refractivity contribution in [3.05, 3.63) is 23.8 Å². The summed E-state index contributed by atoms with van der Waals surface area (Å²) < 4.78 is 32.3. The largest absolute Gasteiger partial charge is 0.399 e. The number of hydrogen-bond acceptors (Lipinski definition) is 5. The molecule has 1 saturated heterocycles. The Labute approximate surface area is 126 Å². The SMILES string of the molecule is Cc1cc(N)cc(S(=O)(=O)NCCCN2CCOCC2)c1. The fraction of sp³-hybridized carbons (Fsp3) is 0.571. The molecule has 3 N–H and O–H groups in total. The van der Waals surface area contributed by atoms with Gasteiger partial charge >= 0.3 is 0 Å². The lowest BCUT2D eigenvalue weighted by molar-refractivity contribution is 0.0376. The van der Waals surface area contributed by atoms with Gasteiger partial charge in [-0.05, 0) is 43.7 Å². The summed E-state index contributed by atoms with van der Waals surface area (Å²) in [6.07, 6.45) is 0.778. The minimum Gasteiger partial charge on any atom is -0.399 e. The van der Waals surface area contributed by atoms with Gasteiger partial charge in [-0.15, -0.1) is 0 Å². The zero-order valence-corrected chi connectivity index (χ0v) is 13.2. The number of anilines is 1. The Morgan fingerprint density at radius 2 is 2.00 bits per heavy atom. The smallest absolute Gasteiger partial charge is 0.240 e. The molecule has 0 amide bonds. The van der Waals surface area contributed by atoms with Gasteiger partial charge in [-0.2, -0.15) is 0 Å².